The van der Waals surface area contributed by atoms with Crippen molar-refractivity contribution in [2.75, 3.05) is 12.0 Å². The third-order valence-electron chi connectivity index (χ3n) is 4.91. The topological polar surface area (TPSA) is 55.3 Å². The number of thiazole rings is 1. The van der Waals surface area contributed by atoms with Crippen LogP contribution >= 0.6 is 11.3 Å². The number of hydrogen-bond donors (Lipinski definition) is 0. The quantitative estimate of drug-likeness (QED) is 0.376. The molecule has 0 fully saturated rings. The van der Waals surface area contributed by atoms with Crippen LogP contribution in [0.15, 0.2) is 60.9 Å². The largest absolute Gasteiger partial charge is 0.494 e. The molecule has 2 heterocycles. The molecule has 2 aromatic carbocycles. The van der Waals surface area contributed by atoms with Gasteiger partial charge in [0.05, 0.1) is 23.9 Å². The zero-order valence-electron chi connectivity index (χ0n) is 17.2. The van der Waals surface area contributed by atoms with E-state index in [9.17, 15) is 18.0 Å². The fraction of sp³-hybridized carbons (Fsp3) is 0.174. The lowest BCUT2D eigenvalue weighted by atomic mass is 10.1. The lowest BCUT2D eigenvalue weighted by molar-refractivity contribution is -0.137. The van der Waals surface area contributed by atoms with E-state index >= 15 is 0 Å². The normalized spacial score (nSPS) is 11.5. The van der Waals surface area contributed by atoms with Crippen LogP contribution < -0.4 is 9.64 Å². The third-order valence-corrected chi connectivity index (χ3v) is 6.12. The number of carbonyl (C=O) groups excluding carboxylic acids is 1. The van der Waals surface area contributed by atoms with E-state index in [1.165, 1.54) is 28.4 Å². The maximum Gasteiger partial charge on any atom is 0.416 e. The molecule has 0 aliphatic carbocycles. The highest BCUT2D eigenvalue weighted by molar-refractivity contribution is 7.22. The second kappa shape index (κ2) is 8.58. The molecule has 1 amide bonds. The first kappa shape index (κ1) is 21.8. The summed E-state index contributed by atoms with van der Waals surface area (Å²) in [6, 6.07) is 11.5. The Bertz CT molecular complexity index is 1260. The van der Waals surface area contributed by atoms with Gasteiger partial charge < -0.3 is 4.74 Å². The van der Waals surface area contributed by atoms with Gasteiger partial charge in [-0.1, -0.05) is 23.5 Å². The van der Waals surface area contributed by atoms with Crippen LogP contribution in [0.3, 0.4) is 0 Å². The Morgan fingerprint density at radius 1 is 1.12 bits per heavy atom. The van der Waals surface area contributed by atoms with Crippen LogP contribution in [-0.2, 0) is 12.7 Å². The number of amides is 1. The number of anilines is 1. The summed E-state index contributed by atoms with van der Waals surface area (Å²) in [6.45, 7) is 2.10. The molecule has 4 aromatic rings. The molecular formula is C23H18F3N3O2S. The molecule has 5 nitrogen and oxygen atoms in total. The van der Waals surface area contributed by atoms with Crippen molar-refractivity contribution in [3.8, 4) is 5.75 Å². The molecule has 32 heavy (non-hydrogen) atoms. The van der Waals surface area contributed by atoms with Gasteiger partial charge in [0.15, 0.2) is 5.13 Å². The lowest BCUT2D eigenvalue weighted by Gasteiger charge is -2.20. The molecule has 0 saturated heterocycles. The van der Waals surface area contributed by atoms with Gasteiger partial charge in [-0.15, -0.1) is 0 Å². The van der Waals surface area contributed by atoms with Crippen LogP contribution in [0, 0.1) is 6.92 Å². The summed E-state index contributed by atoms with van der Waals surface area (Å²) in [4.78, 5) is 23.6. The summed E-state index contributed by atoms with van der Waals surface area (Å²) in [5.74, 6) is 0.120. The summed E-state index contributed by atoms with van der Waals surface area (Å²) in [7, 11) is 1.55. The number of rotatable bonds is 5. The van der Waals surface area contributed by atoms with Gasteiger partial charge in [0.2, 0.25) is 0 Å². The summed E-state index contributed by atoms with van der Waals surface area (Å²) in [6.07, 6.45) is -1.22. The van der Waals surface area contributed by atoms with Gasteiger partial charge in [-0.3, -0.25) is 14.7 Å². The highest BCUT2D eigenvalue weighted by Crippen LogP contribution is 2.37. The molecule has 0 N–H and O–H groups in total. The van der Waals surface area contributed by atoms with E-state index in [-0.39, 0.29) is 12.1 Å². The molecule has 0 bridgehead atoms. The summed E-state index contributed by atoms with van der Waals surface area (Å²) < 4.78 is 45.1. The Morgan fingerprint density at radius 2 is 1.88 bits per heavy atom. The molecular weight excluding hydrogens is 439 g/mol. The number of alkyl halides is 3. The molecule has 0 unspecified atom stereocenters. The molecule has 0 aliphatic heterocycles. The van der Waals surface area contributed by atoms with Crippen molar-refractivity contribution >= 4 is 32.6 Å². The summed E-state index contributed by atoms with van der Waals surface area (Å²) in [5, 5.41) is 0.418. The van der Waals surface area contributed by atoms with Crippen molar-refractivity contribution < 1.29 is 22.7 Å². The van der Waals surface area contributed by atoms with E-state index < -0.39 is 17.6 Å². The minimum absolute atomic E-state index is 0.129. The van der Waals surface area contributed by atoms with E-state index in [0.29, 0.717) is 16.4 Å². The Balaban J connectivity index is 1.78. The Kier molecular flexibility index (Phi) is 5.84. The standard InChI is InChI=1S/C23H18F3N3O2S/c1-14-5-10-18(31-2)19-20(14)32-22(28-19)29(13-15-4-3-11-27-12-15)21(30)16-6-8-17(9-7-16)23(24,25)26/h3-12H,13H2,1-2H3. The number of pyridine rings is 1. The third kappa shape index (κ3) is 4.29. The van der Waals surface area contributed by atoms with Crippen LogP contribution in [0.25, 0.3) is 10.2 Å². The van der Waals surface area contributed by atoms with Gasteiger partial charge in [-0.2, -0.15) is 13.2 Å². The maximum atomic E-state index is 13.4. The van der Waals surface area contributed by atoms with E-state index in [1.807, 2.05) is 25.1 Å². The number of fused-ring (bicyclic) bond motifs is 1. The molecule has 0 saturated carbocycles. The van der Waals surface area contributed by atoms with E-state index in [2.05, 4.69) is 9.97 Å². The van der Waals surface area contributed by atoms with Crippen LogP contribution in [0.4, 0.5) is 18.3 Å². The number of carbonyl (C=O) groups is 1. The zero-order valence-corrected chi connectivity index (χ0v) is 18.0. The number of aromatic nitrogens is 2. The molecule has 0 aliphatic rings. The first-order chi connectivity index (χ1) is 15.3. The average Bonchev–Trinajstić information content (AvgIpc) is 3.24. The summed E-state index contributed by atoms with van der Waals surface area (Å²) in [5.41, 5.74) is 1.69. The zero-order chi connectivity index (χ0) is 22.9. The van der Waals surface area contributed by atoms with Crippen molar-refractivity contribution in [3.63, 3.8) is 0 Å². The van der Waals surface area contributed by atoms with Gasteiger partial charge in [0, 0.05) is 18.0 Å². The van der Waals surface area contributed by atoms with Crippen LogP contribution in [-0.4, -0.2) is 23.0 Å². The van der Waals surface area contributed by atoms with Crippen molar-refractivity contribution in [3.05, 3.63) is 83.2 Å². The van der Waals surface area contributed by atoms with Gasteiger partial charge in [0.25, 0.3) is 5.91 Å². The first-order valence-electron chi connectivity index (χ1n) is 9.60. The number of nitrogens with zero attached hydrogens (tertiary/aromatic N) is 3. The SMILES string of the molecule is COc1ccc(C)c2sc(N(Cc3cccnc3)C(=O)c3ccc(C(F)(F)F)cc3)nc12. The molecule has 4 rings (SSSR count). The fourth-order valence-electron chi connectivity index (χ4n) is 3.24. The Hall–Kier alpha value is -3.46. The van der Waals surface area contributed by atoms with Gasteiger partial charge in [-0.05, 0) is 54.4 Å². The van der Waals surface area contributed by atoms with Crippen LogP contribution in [0.1, 0.15) is 27.0 Å². The minimum atomic E-state index is -4.47. The highest BCUT2D eigenvalue weighted by Gasteiger charge is 2.31. The number of aryl methyl sites for hydroxylation is 1. The second-order valence-corrected chi connectivity index (χ2v) is 8.06. The molecule has 2 aromatic heterocycles. The van der Waals surface area contributed by atoms with E-state index in [0.717, 1.165) is 28.0 Å². The van der Waals surface area contributed by atoms with Gasteiger partial charge in [0.1, 0.15) is 11.3 Å². The van der Waals surface area contributed by atoms with Gasteiger partial charge >= 0.3 is 6.18 Å². The second-order valence-electron chi connectivity index (χ2n) is 7.09. The van der Waals surface area contributed by atoms with E-state index in [1.54, 1.807) is 25.6 Å². The monoisotopic (exact) mass is 457 g/mol. The van der Waals surface area contributed by atoms with Crippen molar-refractivity contribution in [2.45, 2.75) is 19.6 Å². The number of halogens is 3. The minimum Gasteiger partial charge on any atom is -0.494 e. The number of ether oxygens (including phenoxy) is 1. The maximum absolute atomic E-state index is 13.4. The van der Waals surface area contributed by atoms with Crippen molar-refractivity contribution in [1.29, 1.82) is 0 Å². The molecule has 0 spiro atoms. The molecule has 0 radical (unpaired) electrons. The predicted octanol–water partition coefficient (Wildman–Crippen LogP) is 5.87. The first-order valence-corrected chi connectivity index (χ1v) is 10.4. The molecule has 0 atom stereocenters. The summed E-state index contributed by atoms with van der Waals surface area (Å²) >= 11 is 1.32. The Labute approximate surface area is 186 Å². The van der Waals surface area contributed by atoms with E-state index in [4.69, 9.17) is 4.74 Å². The smallest absolute Gasteiger partial charge is 0.416 e. The van der Waals surface area contributed by atoms with Crippen LogP contribution in [0.5, 0.6) is 5.75 Å². The van der Waals surface area contributed by atoms with Gasteiger partial charge in [-0.25, -0.2) is 4.98 Å². The predicted molar refractivity (Wildman–Crippen MR) is 117 cm³/mol. The lowest BCUT2D eigenvalue weighted by Crippen LogP contribution is -2.30. The number of methoxy groups -OCH3 is 1. The fourth-order valence-corrected chi connectivity index (χ4v) is 4.29. The molecule has 164 valence electrons. The van der Waals surface area contributed by atoms with Crippen molar-refractivity contribution in [2.24, 2.45) is 0 Å². The average molecular weight is 457 g/mol. The molecule has 9 heteroatoms. The Morgan fingerprint density at radius 3 is 2.50 bits per heavy atom. The van der Waals surface area contributed by atoms with Crippen LogP contribution in [0.2, 0.25) is 0 Å². The number of hydrogen-bond acceptors (Lipinski definition) is 5. The highest BCUT2D eigenvalue weighted by atomic mass is 32.1. The number of benzene rings is 2. The van der Waals surface area contributed by atoms with Crippen molar-refractivity contribution in [1.82, 2.24) is 9.97 Å².